The zero-order valence-corrected chi connectivity index (χ0v) is 11.9. The molecule has 0 aliphatic carbocycles. The summed E-state index contributed by atoms with van der Waals surface area (Å²) < 4.78 is 5.00. The van der Waals surface area contributed by atoms with Crippen LogP contribution in [-0.2, 0) is 4.74 Å². The molecule has 0 bridgehead atoms. The van der Waals surface area contributed by atoms with Crippen molar-refractivity contribution in [3.8, 4) is 0 Å². The van der Waals surface area contributed by atoms with Crippen LogP contribution in [-0.4, -0.2) is 52.5 Å². The summed E-state index contributed by atoms with van der Waals surface area (Å²) in [5.74, 6) is -0.473. The normalized spacial score (nSPS) is 12.6. The van der Waals surface area contributed by atoms with Gasteiger partial charge in [0, 0.05) is 7.11 Å². The van der Waals surface area contributed by atoms with E-state index in [1.165, 1.54) is 13.4 Å². The molecule has 3 N–H and O–H groups in total. The number of ether oxygens (including phenoxy) is 1. The van der Waals surface area contributed by atoms with Crippen LogP contribution in [0.3, 0.4) is 0 Å². The average molecular weight is 297 g/mol. The Bertz CT molecular complexity index is 628. The summed E-state index contributed by atoms with van der Waals surface area (Å²) in [6.45, 7) is 1.92. The molecule has 0 spiro atoms. The molecule has 0 aliphatic rings. The fraction of sp³-hybridized carbons (Fsp3) is 0.417. The molecule has 0 fully saturated rings. The quantitative estimate of drug-likeness (QED) is 0.733. The van der Waals surface area contributed by atoms with Gasteiger partial charge in [0.15, 0.2) is 0 Å². The van der Waals surface area contributed by atoms with Gasteiger partial charge in [0.25, 0.3) is 0 Å². The van der Waals surface area contributed by atoms with Crippen molar-refractivity contribution in [2.45, 2.75) is 13.0 Å². The topological polar surface area (TPSA) is 105 Å². The number of aryl methyl sites for hydroxylation is 1. The van der Waals surface area contributed by atoms with Crippen LogP contribution < -0.4 is 5.32 Å². The molecule has 0 saturated carbocycles. The summed E-state index contributed by atoms with van der Waals surface area (Å²) in [6.07, 6.45) is 1.37. The van der Waals surface area contributed by atoms with E-state index >= 15 is 0 Å². The van der Waals surface area contributed by atoms with Gasteiger partial charge >= 0.3 is 5.97 Å². The number of rotatable bonds is 6. The van der Waals surface area contributed by atoms with E-state index < -0.39 is 5.97 Å². The number of thiophene rings is 1. The van der Waals surface area contributed by atoms with Crippen molar-refractivity contribution in [2.24, 2.45) is 0 Å². The van der Waals surface area contributed by atoms with Crippen LogP contribution in [0.5, 0.6) is 0 Å². The standard InChI is InChI=1S/C12H15N3O4S/c1-6-8-10(15-7(3-16)4-19-2)13-5-14-11(8)20-9(6)12(17)18/h5,7,16H,3-4H2,1-2H3,(H,17,18)(H,13,14,15). The number of nitrogens with zero attached hydrogens (tertiary/aromatic N) is 2. The zero-order valence-electron chi connectivity index (χ0n) is 11.1. The second-order valence-electron chi connectivity index (χ2n) is 4.24. The van der Waals surface area contributed by atoms with Crippen LogP contribution in [0.25, 0.3) is 10.2 Å². The molecule has 0 aromatic carbocycles. The number of aromatic carboxylic acids is 1. The molecule has 8 heteroatoms. The molecular weight excluding hydrogens is 282 g/mol. The zero-order chi connectivity index (χ0) is 14.7. The number of fused-ring (bicyclic) bond motifs is 1. The lowest BCUT2D eigenvalue weighted by molar-refractivity contribution is 0.0701. The van der Waals surface area contributed by atoms with Crippen molar-refractivity contribution in [3.05, 3.63) is 16.8 Å². The minimum Gasteiger partial charge on any atom is -0.477 e. The number of carboxylic acids is 1. The molecule has 2 aromatic rings. The van der Waals surface area contributed by atoms with E-state index in [-0.39, 0.29) is 17.5 Å². The first-order chi connectivity index (χ1) is 9.58. The van der Waals surface area contributed by atoms with Gasteiger partial charge in [-0.3, -0.25) is 0 Å². The first-order valence-corrected chi connectivity index (χ1v) is 6.73. The fourth-order valence-corrected chi connectivity index (χ4v) is 2.91. The number of aliphatic hydroxyl groups excluding tert-OH is 1. The van der Waals surface area contributed by atoms with Gasteiger partial charge in [0.1, 0.15) is 21.9 Å². The van der Waals surface area contributed by atoms with E-state index in [9.17, 15) is 9.90 Å². The Morgan fingerprint density at radius 1 is 1.55 bits per heavy atom. The van der Waals surface area contributed by atoms with E-state index in [2.05, 4.69) is 15.3 Å². The molecule has 0 saturated heterocycles. The van der Waals surface area contributed by atoms with Gasteiger partial charge in [-0.1, -0.05) is 0 Å². The number of aliphatic hydroxyl groups is 1. The van der Waals surface area contributed by atoms with Gasteiger partial charge in [0.2, 0.25) is 0 Å². The Hall–Kier alpha value is -1.77. The molecule has 1 atom stereocenters. The Labute approximate surface area is 119 Å². The predicted molar refractivity (Wildman–Crippen MR) is 75.5 cm³/mol. The van der Waals surface area contributed by atoms with Crippen molar-refractivity contribution in [1.82, 2.24) is 9.97 Å². The number of carboxylic acid groups (broad SMARTS) is 1. The summed E-state index contributed by atoms with van der Waals surface area (Å²) in [5, 5.41) is 22.2. The summed E-state index contributed by atoms with van der Waals surface area (Å²) in [5.41, 5.74) is 0.620. The first kappa shape index (κ1) is 14.6. The van der Waals surface area contributed by atoms with Crippen LogP contribution in [0.1, 0.15) is 15.2 Å². The summed E-state index contributed by atoms with van der Waals surface area (Å²) in [6, 6.07) is -0.314. The molecular formula is C12H15N3O4S. The highest BCUT2D eigenvalue weighted by atomic mass is 32.1. The number of methoxy groups -OCH3 is 1. The van der Waals surface area contributed by atoms with Crippen molar-refractivity contribution in [2.75, 3.05) is 25.6 Å². The van der Waals surface area contributed by atoms with Crippen molar-refractivity contribution >= 4 is 33.3 Å². The molecule has 2 heterocycles. The van der Waals surface area contributed by atoms with Gasteiger partial charge in [-0.05, 0) is 12.5 Å². The van der Waals surface area contributed by atoms with Gasteiger partial charge in [-0.25, -0.2) is 14.8 Å². The number of nitrogens with one attached hydrogen (secondary N) is 1. The van der Waals surface area contributed by atoms with E-state index in [0.717, 1.165) is 11.3 Å². The third-order valence-electron chi connectivity index (χ3n) is 2.85. The van der Waals surface area contributed by atoms with Crippen LogP contribution in [0.15, 0.2) is 6.33 Å². The molecule has 1 unspecified atom stereocenters. The van der Waals surface area contributed by atoms with Gasteiger partial charge in [-0.15, -0.1) is 11.3 Å². The molecule has 0 radical (unpaired) electrons. The Balaban J connectivity index is 2.45. The molecule has 108 valence electrons. The summed E-state index contributed by atoms with van der Waals surface area (Å²) in [7, 11) is 1.54. The molecule has 7 nitrogen and oxygen atoms in total. The van der Waals surface area contributed by atoms with Crippen molar-refractivity contribution in [3.63, 3.8) is 0 Å². The average Bonchev–Trinajstić information content (AvgIpc) is 2.77. The van der Waals surface area contributed by atoms with Crippen molar-refractivity contribution in [1.29, 1.82) is 0 Å². The second kappa shape index (κ2) is 6.12. The highest BCUT2D eigenvalue weighted by Crippen LogP contribution is 2.33. The molecule has 2 rings (SSSR count). The molecule has 0 amide bonds. The lowest BCUT2D eigenvalue weighted by Gasteiger charge is -2.16. The van der Waals surface area contributed by atoms with Crippen LogP contribution in [0, 0.1) is 6.92 Å². The molecule has 20 heavy (non-hydrogen) atoms. The largest absolute Gasteiger partial charge is 0.477 e. The minimum absolute atomic E-state index is 0.117. The lowest BCUT2D eigenvalue weighted by atomic mass is 10.2. The minimum atomic E-state index is -0.980. The van der Waals surface area contributed by atoms with Crippen LogP contribution >= 0.6 is 11.3 Å². The number of carbonyl (C=O) groups is 1. The number of hydrogen-bond donors (Lipinski definition) is 3. The van der Waals surface area contributed by atoms with E-state index in [1.807, 2.05) is 0 Å². The Morgan fingerprint density at radius 2 is 2.30 bits per heavy atom. The summed E-state index contributed by atoms with van der Waals surface area (Å²) >= 11 is 1.11. The maximum atomic E-state index is 11.2. The van der Waals surface area contributed by atoms with E-state index in [4.69, 9.17) is 9.84 Å². The van der Waals surface area contributed by atoms with E-state index in [1.54, 1.807) is 6.92 Å². The fourth-order valence-electron chi connectivity index (χ4n) is 1.92. The third-order valence-corrected chi connectivity index (χ3v) is 4.04. The third kappa shape index (κ3) is 2.72. The molecule has 2 aromatic heterocycles. The molecule has 0 aliphatic heterocycles. The number of anilines is 1. The SMILES string of the molecule is COCC(CO)Nc1ncnc2sc(C(=O)O)c(C)c12. The monoisotopic (exact) mass is 297 g/mol. The number of hydrogen-bond acceptors (Lipinski definition) is 7. The smallest absolute Gasteiger partial charge is 0.346 e. The Kier molecular flexibility index (Phi) is 4.48. The maximum absolute atomic E-state index is 11.2. The van der Waals surface area contributed by atoms with Gasteiger partial charge in [0.05, 0.1) is 24.6 Å². The predicted octanol–water partition coefficient (Wildman–Crippen LogP) is 1.12. The first-order valence-electron chi connectivity index (χ1n) is 5.92. The maximum Gasteiger partial charge on any atom is 0.346 e. The number of aromatic nitrogens is 2. The lowest BCUT2D eigenvalue weighted by Crippen LogP contribution is -2.29. The van der Waals surface area contributed by atoms with Crippen molar-refractivity contribution < 1.29 is 19.7 Å². The summed E-state index contributed by atoms with van der Waals surface area (Å²) in [4.78, 5) is 20.2. The van der Waals surface area contributed by atoms with Crippen LogP contribution in [0.4, 0.5) is 5.82 Å². The highest BCUT2D eigenvalue weighted by Gasteiger charge is 2.19. The highest BCUT2D eigenvalue weighted by molar-refractivity contribution is 7.20. The van der Waals surface area contributed by atoms with Crippen LogP contribution in [0.2, 0.25) is 0 Å². The van der Waals surface area contributed by atoms with Gasteiger partial charge in [-0.2, -0.15) is 0 Å². The van der Waals surface area contributed by atoms with Gasteiger partial charge < -0.3 is 20.3 Å². The Morgan fingerprint density at radius 3 is 2.90 bits per heavy atom. The second-order valence-corrected chi connectivity index (χ2v) is 5.24. The van der Waals surface area contributed by atoms with E-state index in [0.29, 0.717) is 28.2 Å².